The maximum Gasteiger partial charge on any atom is 0.433 e. The summed E-state index contributed by atoms with van der Waals surface area (Å²) in [4.78, 5) is 15.5. The van der Waals surface area contributed by atoms with Gasteiger partial charge in [-0.15, -0.1) is 0 Å². The number of ether oxygens (including phenoxy) is 1. The Bertz CT molecular complexity index is 1740. The van der Waals surface area contributed by atoms with Gasteiger partial charge in [0, 0.05) is 42.7 Å². The third-order valence-corrected chi connectivity index (χ3v) is 8.02. The van der Waals surface area contributed by atoms with Crippen molar-refractivity contribution in [2.45, 2.75) is 162 Å². The number of pyridine rings is 4. The Balaban J connectivity index is -0.000000317. The van der Waals surface area contributed by atoms with Gasteiger partial charge in [-0.1, -0.05) is 117 Å². The molecule has 0 unspecified atom stereocenters. The monoisotopic (exact) mass is 827 g/mol. The Morgan fingerprint density at radius 3 is 1.24 bits per heavy atom. The standard InChI is InChI=1S/C11H17NO.C9H10F3N.C9H11F.C9H13N.C8H11N.4CH4/c1-8(2)10-5-6-11(12-7-10)13-9(3)4;1-6(2)7-3-4-13-8(5-7)9(10,11)12;1-7(2)8-3-5-9(10)6-4-8;1-7(2)9-4-5-10-8(3)6-9;1-7(2)8-3-5-9-6-4-8;;;;/h5-9H,1-4H3;3-6H,1-2H3;3-7H,1-2H3;4-7H,1-3H3;3-7H,1-2H3;4*1H4. The molecule has 5 nitrogen and oxygen atoms in total. The second-order valence-corrected chi connectivity index (χ2v) is 14.9. The number of halogens is 4. The van der Waals surface area contributed by atoms with Crippen LogP contribution in [0.4, 0.5) is 17.6 Å². The van der Waals surface area contributed by atoms with Crippen LogP contribution in [0.1, 0.15) is 182 Å². The van der Waals surface area contributed by atoms with Gasteiger partial charge in [0.05, 0.1) is 6.10 Å². The van der Waals surface area contributed by atoms with Crippen LogP contribution in [0.3, 0.4) is 0 Å². The summed E-state index contributed by atoms with van der Waals surface area (Å²) in [5.41, 5.74) is 6.09. The third-order valence-electron chi connectivity index (χ3n) is 8.02. The topological polar surface area (TPSA) is 60.8 Å². The van der Waals surface area contributed by atoms with Crippen molar-refractivity contribution >= 4 is 0 Å². The lowest BCUT2D eigenvalue weighted by molar-refractivity contribution is -0.141. The molecule has 332 valence electrons. The van der Waals surface area contributed by atoms with E-state index < -0.39 is 11.9 Å². The number of aryl methyl sites for hydroxylation is 1. The Kier molecular flexibility index (Phi) is 32.4. The van der Waals surface area contributed by atoms with E-state index in [4.69, 9.17) is 4.74 Å². The van der Waals surface area contributed by atoms with Gasteiger partial charge in [0.15, 0.2) is 0 Å². The van der Waals surface area contributed by atoms with Gasteiger partial charge in [-0.25, -0.2) is 9.37 Å². The Morgan fingerprint density at radius 2 is 0.881 bits per heavy atom. The summed E-state index contributed by atoms with van der Waals surface area (Å²) in [5.74, 6) is 2.88. The van der Waals surface area contributed by atoms with Gasteiger partial charge in [-0.2, -0.15) is 13.2 Å². The summed E-state index contributed by atoms with van der Waals surface area (Å²) in [5, 5.41) is 0. The SMILES string of the molecule is C.C.C.C.CC(C)Oc1ccc(C(C)C)cn1.CC(C)c1ccc(F)cc1.CC(C)c1ccnc(C(F)(F)F)c1.CC(C)c1ccncc1.Cc1cc(C(C)C)ccn1. The van der Waals surface area contributed by atoms with Crippen LogP contribution in [-0.2, 0) is 6.18 Å². The minimum Gasteiger partial charge on any atom is -0.475 e. The quantitative estimate of drug-likeness (QED) is 0.153. The summed E-state index contributed by atoms with van der Waals surface area (Å²) >= 11 is 0. The highest BCUT2D eigenvalue weighted by atomic mass is 19.4. The van der Waals surface area contributed by atoms with Crippen LogP contribution in [0.5, 0.6) is 5.88 Å². The minimum absolute atomic E-state index is 0. The number of rotatable bonds is 7. The smallest absolute Gasteiger partial charge is 0.433 e. The van der Waals surface area contributed by atoms with Crippen LogP contribution < -0.4 is 4.74 Å². The molecule has 4 aromatic heterocycles. The van der Waals surface area contributed by atoms with Crippen LogP contribution in [0.25, 0.3) is 0 Å². The van der Waals surface area contributed by atoms with Crippen LogP contribution in [0.15, 0.2) is 104 Å². The van der Waals surface area contributed by atoms with Crippen molar-refractivity contribution in [3.63, 3.8) is 0 Å². The van der Waals surface area contributed by atoms with Gasteiger partial charge in [0.2, 0.25) is 5.88 Å². The van der Waals surface area contributed by atoms with Gasteiger partial charge in [-0.05, 0) is 127 Å². The molecule has 9 heteroatoms. The fourth-order valence-corrected chi connectivity index (χ4v) is 4.53. The van der Waals surface area contributed by atoms with E-state index in [9.17, 15) is 17.6 Å². The van der Waals surface area contributed by atoms with Crippen molar-refractivity contribution in [2.75, 3.05) is 0 Å². The molecule has 5 rings (SSSR count). The van der Waals surface area contributed by atoms with Gasteiger partial charge >= 0.3 is 6.18 Å². The van der Waals surface area contributed by atoms with Crippen LogP contribution in [0.2, 0.25) is 0 Å². The van der Waals surface area contributed by atoms with Gasteiger partial charge < -0.3 is 4.74 Å². The molecule has 0 aliphatic rings. The van der Waals surface area contributed by atoms with E-state index in [1.807, 2.05) is 89.7 Å². The number of hydrogen-bond donors (Lipinski definition) is 0. The zero-order chi connectivity index (χ0) is 41.7. The molecule has 5 aromatic rings. The van der Waals surface area contributed by atoms with Crippen molar-refractivity contribution in [2.24, 2.45) is 0 Å². The van der Waals surface area contributed by atoms with Crippen molar-refractivity contribution in [3.05, 3.63) is 149 Å². The van der Waals surface area contributed by atoms with Gasteiger partial charge in [0.1, 0.15) is 11.5 Å². The number of hydrogen-bond acceptors (Lipinski definition) is 5. The van der Waals surface area contributed by atoms with Crippen LogP contribution in [-0.4, -0.2) is 26.0 Å². The first kappa shape index (κ1) is 61.0. The van der Waals surface area contributed by atoms with E-state index >= 15 is 0 Å². The molecule has 0 aliphatic heterocycles. The summed E-state index contributed by atoms with van der Waals surface area (Å²) in [6.45, 7) is 26.9. The first-order chi connectivity index (χ1) is 25.7. The lowest BCUT2D eigenvalue weighted by Gasteiger charge is -2.09. The Hall–Kier alpha value is -4.66. The largest absolute Gasteiger partial charge is 0.475 e. The van der Waals surface area contributed by atoms with E-state index in [-0.39, 0.29) is 47.5 Å². The zero-order valence-corrected chi connectivity index (χ0v) is 35.0. The third kappa shape index (κ3) is 26.1. The molecule has 0 saturated heterocycles. The molecule has 0 amide bonds. The predicted molar refractivity (Wildman–Crippen MR) is 246 cm³/mol. The maximum absolute atomic E-state index is 12.4. The fourth-order valence-electron chi connectivity index (χ4n) is 4.53. The summed E-state index contributed by atoms with van der Waals surface area (Å²) in [7, 11) is 0. The molecule has 0 bridgehead atoms. The summed E-state index contributed by atoms with van der Waals surface area (Å²) in [6.07, 6.45) is 4.44. The highest BCUT2D eigenvalue weighted by Crippen LogP contribution is 2.29. The Labute approximate surface area is 357 Å². The average molecular weight is 827 g/mol. The number of alkyl halides is 3. The molecule has 0 spiro atoms. The number of aromatic nitrogens is 4. The molecule has 0 fully saturated rings. The van der Waals surface area contributed by atoms with E-state index in [1.54, 1.807) is 6.07 Å². The van der Waals surface area contributed by atoms with Crippen molar-refractivity contribution in [1.82, 2.24) is 19.9 Å². The molecular weight excluding hydrogens is 749 g/mol. The van der Waals surface area contributed by atoms with Crippen molar-refractivity contribution in [3.8, 4) is 5.88 Å². The zero-order valence-electron chi connectivity index (χ0n) is 35.0. The molecule has 1 aromatic carbocycles. The maximum atomic E-state index is 12.4. The van der Waals surface area contributed by atoms with Crippen molar-refractivity contribution < 1.29 is 22.3 Å². The molecule has 0 aliphatic carbocycles. The molecule has 4 heterocycles. The highest BCUT2D eigenvalue weighted by Gasteiger charge is 2.32. The fraction of sp³-hybridized carbons (Fsp3) is 0.480. The lowest BCUT2D eigenvalue weighted by Crippen LogP contribution is -2.08. The number of nitrogens with zero attached hydrogens (tertiary/aromatic N) is 4. The molecule has 0 N–H and O–H groups in total. The molecular formula is C50H78F4N4O. The van der Waals surface area contributed by atoms with E-state index in [0.29, 0.717) is 35.1 Å². The molecule has 0 saturated carbocycles. The van der Waals surface area contributed by atoms with E-state index in [2.05, 4.69) is 93.5 Å². The predicted octanol–water partition coefficient (Wildman–Crippen LogP) is 16.4. The normalized spacial score (nSPS) is 10.2. The van der Waals surface area contributed by atoms with E-state index in [1.165, 1.54) is 40.6 Å². The second-order valence-electron chi connectivity index (χ2n) is 14.9. The summed E-state index contributed by atoms with van der Waals surface area (Å²) < 4.78 is 54.3. The highest BCUT2D eigenvalue weighted by molar-refractivity contribution is 5.22. The van der Waals surface area contributed by atoms with Gasteiger partial charge in [0.25, 0.3) is 0 Å². The van der Waals surface area contributed by atoms with Crippen molar-refractivity contribution in [1.29, 1.82) is 0 Å². The Morgan fingerprint density at radius 1 is 0.475 bits per heavy atom. The first-order valence-electron chi connectivity index (χ1n) is 18.9. The van der Waals surface area contributed by atoms with Crippen LogP contribution in [0, 0.1) is 12.7 Å². The molecule has 0 radical (unpaired) electrons. The molecule has 0 atom stereocenters. The van der Waals surface area contributed by atoms with E-state index in [0.717, 1.165) is 11.8 Å². The van der Waals surface area contributed by atoms with Gasteiger partial charge in [-0.3, -0.25) is 15.0 Å². The average Bonchev–Trinajstić information content (AvgIpc) is 3.13. The minimum atomic E-state index is -4.34. The first-order valence-corrected chi connectivity index (χ1v) is 18.9. The van der Waals surface area contributed by atoms with Crippen LogP contribution >= 0.6 is 0 Å². The lowest BCUT2D eigenvalue weighted by atomic mass is 10.0. The second kappa shape index (κ2) is 31.3. The number of benzene rings is 1. The summed E-state index contributed by atoms with van der Waals surface area (Å²) in [6, 6.07) is 21.6. The molecule has 59 heavy (non-hydrogen) atoms.